The normalized spacial score (nSPS) is 18.6. The highest BCUT2D eigenvalue weighted by molar-refractivity contribution is 5.95. The summed E-state index contributed by atoms with van der Waals surface area (Å²) in [6, 6.07) is 9.01. The largest absolute Gasteiger partial charge is 0.486 e. The standard InChI is InChI=1S/C20H23N3O5/c24-19(22-20(25)21-12-15-3-2-8-26-15)13-23-7-1-4-16(23)14-5-6-17-18(11-14)28-10-9-27-17/h2-3,5-6,8,11,16H,1,4,7,9-10,12-13H2,(H2,21,22,24,25)/t16-/m0/s1. The third-order valence-electron chi connectivity index (χ3n) is 4.92. The monoisotopic (exact) mass is 385 g/mol. The van der Waals surface area contributed by atoms with Crippen LogP contribution in [0.1, 0.15) is 30.2 Å². The number of hydrogen-bond donors (Lipinski definition) is 2. The zero-order valence-corrected chi connectivity index (χ0v) is 15.5. The molecule has 0 bridgehead atoms. The fourth-order valence-electron chi connectivity index (χ4n) is 3.64. The smallest absolute Gasteiger partial charge is 0.321 e. The summed E-state index contributed by atoms with van der Waals surface area (Å²) in [5.74, 6) is 1.80. The zero-order valence-electron chi connectivity index (χ0n) is 15.5. The van der Waals surface area contributed by atoms with E-state index in [2.05, 4.69) is 15.5 Å². The number of amides is 3. The minimum atomic E-state index is -0.531. The fourth-order valence-corrected chi connectivity index (χ4v) is 3.64. The van der Waals surface area contributed by atoms with E-state index in [9.17, 15) is 9.59 Å². The first kappa shape index (κ1) is 18.4. The van der Waals surface area contributed by atoms with Gasteiger partial charge in [0.15, 0.2) is 11.5 Å². The maximum absolute atomic E-state index is 12.3. The van der Waals surface area contributed by atoms with Crippen molar-refractivity contribution in [3.8, 4) is 11.5 Å². The van der Waals surface area contributed by atoms with E-state index in [0.29, 0.717) is 19.0 Å². The van der Waals surface area contributed by atoms with E-state index in [1.165, 1.54) is 6.26 Å². The van der Waals surface area contributed by atoms with Crippen molar-refractivity contribution in [3.63, 3.8) is 0 Å². The van der Waals surface area contributed by atoms with Gasteiger partial charge >= 0.3 is 6.03 Å². The van der Waals surface area contributed by atoms with Gasteiger partial charge in [0.2, 0.25) is 5.91 Å². The van der Waals surface area contributed by atoms with Crippen LogP contribution in [0.4, 0.5) is 4.79 Å². The molecule has 8 nitrogen and oxygen atoms in total. The number of carbonyl (C=O) groups excluding carboxylic acids is 2. The average Bonchev–Trinajstić information content (AvgIpc) is 3.38. The molecule has 3 heterocycles. The lowest BCUT2D eigenvalue weighted by molar-refractivity contribution is -0.121. The Morgan fingerprint density at radius 1 is 1.14 bits per heavy atom. The summed E-state index contributed by atoms with van der Waals surface area (Å²) >= 11 is 0. The summed E-state index contributed by atoms with van der Waals surface area (Å²) in [6.45, 7) is 2.30. The van der Waals surface area contributed by atoms with Gasteiger partial charge in [-0.1, -0.05) is 6.07 Å². The second kappa shape index (κ2) is 8.35. The Morgan fingerprint density at radius 3 is 2.82 bits per heavy atom. The molecular formula is C20H23N3O5. The number of rotatable bonds is 5. The molecule has 148 valence electrons. The van der Waals surface area contributed by atoms with Gasteiger partial charge in [-0.15, -0.1) is 0 Å². The highest BCUT2D eigenvalue weighted by Gasteiger charge is 2.29. The van der Waals surface area contributed by atoms with E-state index in [4.69, 9.17) is 13.9 Å². The molecule has 0 saturated carbocycles. The maximum atomic E-state index is 12.3. The van der Waals surface area contributed by atoms with E-state index >= 15 is 0 Å². The second-order valence-corrected chi connectivity index (χ2v) is 6.84. The third-order valence-corrected chi connectivity index (χ3v) is 4.92. The van der Waals surface area contributed by atoms with E-state index in [-0.39, 0.29) is 25.0 Å². The van der Waals surface area contributed by atoms with Crippen LogP contribution in [0.25, 0.3) is 0 Å². The number of furan rings is 1. The molecule has 0 unspecified atom stereocenters. The van der Waals surface area contributed by atoms with Gasteiger partial charge in [-0.05, 0) is 49.2 Å². The Bertz CT molecular complexity index is 836. The second-order valence-electron chi connectivity index (χ2n) is 6.84. The van der Waals surface area contributed by atoms with Gasteiger partial charge < -0.3 is 19.2 Å². The molecule has 28 heavy (non-hydrogen) atoms. The number of imide groups is 1. The van der Waals surface area contributed by atoms with Crippen molar-refractivity contribution in [1.29, 1.82) is 0 Å². The summed E-state index contributed by atoms with van der Waals surface area (Å²) in [4.78, 5) is 26.3. The molecule has 1 aromatic heterocycles. The topological polar surface area (TPSA) is 93.0 Å². The summed E-state index contributed by atoms with van der Waals surface area (Å²) in [5, 5.41) is 4.98. The minimum absolute atomic E-state index is 0.118. The van der Waals surface area contributed by atoms with Crippen molar-refractivity contribution < 1.29 is 23.5 Å². The highest BCUT2D eigenvalue weighted by atomic mass is 16.6. The van der Waals surface area contributed by atoms with Gasteiger partial charge in [-0.2, -0.15) is 0 Å². The number of nitrogens with one attached hydrogen (secondary N) is 2. The predicted molar refractivity (Wildman–Crippen MR) is 100 cm³/mol. The Hall–Kier alpha value is -3.00. The number of nitrogens with zero attached hydrogens (tertiary/aromatic N) is 1. The third kappa shape index (κ3) is 4.28. The molecule has 2 aliphatic heterocycles. The Morgan fingerprint density at radius 2 is 2.00 bits per heavy atom. The number of ether oxygens (including phenoxy) is 2. The van der Waals surface area contributed by atoms with E-state index < -0.39 is 6.03 Å². The minimum Gasteiger partial charge on any atom is -0.486 e. The summed E-state index contributed by atoms with van der Waals surface area (Å²) in [7, 11) is 0. The van der Waals surface area contributed by atoms with Crippen molar-refractivity contribution in [2.24, 2.45) is 0 Å². The number of urea groups is 1. The van der Waals surface area contributed by atoms with Gasteiger partial charge in [-0.3, -0.25) is 15.0 Å². The molecule has 0 aliphatic carbocycles. The fraction of sp³-hybridized carbons (Fsp3) is 0.400. The Kier molecular flexibility index (Phi) is 5.48. The maximum Gasteiger partial charge on any atom is 0.321 e. The Balaban J connectivity index is 1.32. The van der Waals surface area contributed by atoms with Gasteiger partial charge in [0.25, 0.3) is 0 Å². The van der Waals surface area contributed by atoms with Crippen molar-refractivity contribution in [3.05, 3.63) is 47.9 Å². The molecule has 1 aromatic carbocycles. The number of benzene rings is 1. The van der Waals surface area contributed by atoms with Gasteiger partial charge in [-0.25, -0.2) is 4.79 Å². The predicted octanol–water partition coefficient (Wildman–Crippen LogP) is 2.21. The molecule has 3 amide bonds. The van der Waals surface area contributed by atoms with Crippen LogP contribution in [0.15, 0.2) is 41.0 Å². The number of hydrogen-bond acceptors (Lipinski definition) is 6. The molecule has 4 rings (SSSR count). The van der Waals surface area contributed by atoms with Crippen LogP contribution in [0.5, 0.6) is 11.5 Å². The van der Waals surface area contributed by atoms with Crippen LogP contribution in [-0.2, 0) is 11.3 Å². The summed E-state index contributed by atoms with van der Waals surface area (Å²) in [5.41, 5.74) is 1.09. The lowest BCUT2D eigenvalue weighted by Crippen LogP contribution is -2.44. The van der Waals surface area contributed by atoms with Crippen LogP contribution < -0.4 is 20.1 Å². The van der Waals surface area contributed by atoms with Crippen LogP contribution >= 0.6 is 0 Å². The number of fused-ring (bicyclic) bond motifs is 1. The Labute approximate surface area is 162 Å². The molecule has 0 spiro atoms. The van der Waals surface area contributed by atoms with Gasteiger partial charge in [0.05, 0.1) is 19.4 Å². The van der Waals surface area contributed by atoms with Gasteiger partial charge in [0.1, 0.15) is 19.0 Å². The quantitative estimate of drug-likeness (QED) is 0.820. The number of likely N-dealkylation sites (tertiary alicyclic amines) is 1. The first-order valence-corrected chi connectivity index (χ1v) is 9.43. The van der Waals surface area contributed by atoms with Crippen LogP contribution in [-0.4, -0.2) is 43.1 Å². The molecule has 1 atom stereocenters. The molecule has 1 fully saturated rings. The molecule has 0 radical (unpaired) electrons. The van der Waals surface area contributed by atoms with Crippen LogP contribution in [0.2, 0.25) is 0 Å². The zero-order chi connectivity index (χ0) is 19.3. The lowest BCUT2D eigenvalue weighted by atomic mass is 10.0. The van der Waals surface area contributed by atoms with Gasteiger partial charge in [0, 0.05) is 6.04 Å². The average molecular weight is 385 g/mol. The molecule has 8 heteroatoms. The first-order valence-electron chi connectivity index (χ1n) is 9.43. The van der Waals surface area contributed by atoms with Crippen molar-refractivity contribution in [2.45, 2.75) is 25.4 Å². The highest BCUT2D eigenvalue weighted by Crippen LogP contribution is 2.37. The molecule has 2 aromatic rings. The molecular weight excluding hydrogens is 362 g/mol. The first-order chi connectivity index (χ1) is 13.7. The molecule has 2 N–H and O–H groups in total. The van der Waals surface area contributed by atoms with E-state index in [1.807, 2.05) is 18.2 Å². The van der Waals surface area contributed by atoms with Crippen molar-refractivity contribution >= 4 is 11.9 Å². The summed E-state index contributed by atoms with van der Waals surface area (Å²) < 4.78 is 16.4. The molecule has 2 aliphatic rings. The van der Waals surface area contributed by atoms with Crippen LogP contribution in [0.3, 0.4) is 0 Å². The van der Waals surface area contributed by atoms with E-state index in [1.54, 1.807) is 12.1 Å². The van der Waals surface area contributed by atoms with Crippen molar-refractivity contribution in [1.82, 2.24) is 15.5 Å². The molecule has 1 saturated heterocycles. The van der Waals surface area contributed by atoms with E-state index in [0.717, 1.165) is 36.4 Å². The SMILES string of the molecule is O=C(CN1CCC[C@H]1c1ccc2c(c1)OCCO2)NC(=O)NCc1ccco1. The van der Waals surface area contributed by atoms with Crippen molar-refractivity contribution in [2.75, 3.05) is 26.3 Å². The lowest BCUT2D eigenvalue weighted by Gasteiger charge is -2.26. The number of carbonyl (C=O) groups is 2. The van der Waals surface area contributed by atoms with Crippen LogP contribution in [0, 0.1) is 0 Å². The summed E-state index contributed by atoms with van der Waals surface area (Å²) in [6.07, 6.45) is 3.49.